The number of H-pyrrole nitrogens is 1. The predicted molar refractivity (Wildman–Crippen MR) is 134 cm³/mol. The van der Waals surface area contributed by atoms with Crippen molar-refractivity contribution in [3.8, 4) is 0 Å². The summed E-state index contributed by atoms with van der Waals surface area (Å²) < 4.78 is 6.15. The number of morpholine rings is 1. The van der Waals surface area contributed by atoms with Crippen LogP contribution in [0.4, 0.5) is 0 Å². The van der Waals surface area contributed by atoms with E-state index in [1.807, 2.05) is 84.1 Å². The summed E-state index contributed by atoms with van der Waals surface area (Å²) in [5, 5.41) is 5.93. The van der Waals surface area contributed by atoms with Gasteiger partial charge in [-0.05, 0) is 35.6 Å². The first-order valence-electron chi connectivity index (χ1n) is 11.5. The average Bonchev–Trinajstić information content (AvgIpc) is 3.54. The van der Waals surface area contributed by atoms with E-state index in [2.05, 4.69) is 10.3 Å². The maximum atomic E-state index is 13.8. The maximum Gasteiger partial charge on any atom is 0.262 e. The van der Waals surface area contributed by atoms with Crippen molar-refractivity contribution in [3.63, 3.8) is 0 Å². The number of benzene rings is 2. The molecule has 2 aromatic heterocycles. The standard InChI is InChI=1S/C27H27N3O3S/c1-18-16-30(17-24(33-18)19-8-3-2-4-9-19)27(32)23(29-26(31)25-12-7-13-34-25)14-20-15-28-22-11-6-5-10-21(20)22/h2-13,15,18,23-24,28H,14,16-17H2,1H3,(H,29,31). The molecule has 2 aromatic carbocycles. The largest absolute Gasteiger partial charge is 0.367 e. The zero-order valence-corrected chi connectivity index (χ0v) is 19.8. The summed E-state index contributed by atoms with van der Waals surface area (Å²) in [4.78, 5) is 32.5. The number of nitrogens with one attached hydrogen (secondary N) is 2. The highest BCUT2D eigenvalue weighted by molar-refractivity contribution is 7.12. The minimum Gasteiger partial charge on any atom is -0.367 e. The van der Waals surface area contributed by atoms with Crippen LogP contribution in [0.5, 0.6) is 0 Å². The lowest BCUT2D eigenvalue weighted by atomic mass is 10.0. The van der Waals surface area contributed by atoms with Crippen LogP contribution in [0.25, 0.3) is 10.9 Å². The Kier molecular flexibility index (Phi) is 6.47. The van der Waals surface area contributed by atoms with E-state index < -0.39 is 6.04 Å². The highest BCUT2D eigenvalue weighted by Crippen LogP contribution is 2.26. The number of carbonyl (C=O) groups excluding carboxylic acids is 2. The molecule has 34 heavy (non-hydrogen) atoms. The molecule has 7 heteroatoms. The molecule has 5 rings (SSSR count). The fourth-order valence-electron chi connectivity index (χ4n) is 4.56. The fraction of sp³-hybridized carbons (Fsp3) is 0.259. The van der Waals surface area contributed by atoms with Gasteiger partial charge in [0.05, 0.1) is 17.5 Å². The number of hydrogen-bond acceptors (Lipinski definition) is 4. The number of aromatic amines is 1. The average molecular weight is 474 g/mol. The summed E-state index contributed by atoms with van der Waals surface area (Å²) in [6.45, 7) is 2.92. The Morgan fingerprint density at radius 2 is 1.88 bits per heavy atom. The molecule has 0 saturated carbocycles. The van der Waals surface area contributed by atoms with Crippen molar-refractivity contribution in [1.82, 2.24) is 15.2 Å². The molecule has 3 atom stereocenters. The molecule has 0 bridgehead atoms. The second-order valence-corrected chi connectivity index (χ2v) is 9.60. The molecule has 2 N–H and O–H groups in total. The first-order chi connectivity index (χ1) is 16.6. The lowest BCUT2D eigenvalue weighted by Gasteiger charge is -2.38. The van der Waals surface area contributed by atoms with Gasteiger partial charge < -0.3 is 19.9 Å². The van der Waals surface area contributed by atoms with Crippen molar-refractivity contribution in [2.45, 2.75) is 31.6 Å². The topological polar surface area (TPSA) is 74.4 Å². The monoisotopic (exact) mass is 473 g/mol. The molecule has 1 saturated heterocycles. The number of thiophene rings is 1. The van der Waals surface area contributed by atoms with Gasteiger partial charge in [0.1, 0.15) is 12.1 Å². The third-order valence-corrected chi connectivity index (χ3v) is 7.06. The maximum absolute atomic E-state index is 13.8. The second kappa shape index (κ2) is 9.83. The van der Waals surface area contributed by atoms with Gasteiger partial charge in [-0.2, -0.15) is 0 Å². The van der Waals surface area contributed by atoms with E-state index in [-0.39, 0.29) is 24.0 Å². The van der Waals surface area contributed by atoms with Crippen molar-refractivity contribution < 1.29 is 14.3 Å². The lowest BCUT2D eigenvalue weighted by molar-refractivity contribution is -0.146. The molecule has 4 aromatic rings. The summed E-state index contributed by atoms with van der Waals surface area (Å²) in [5.41, 5.74) is 3.06. The minimum absolute atomic E-state index is 0.0914. The zero-order chi connectivity index (χ0) is 23.5. The molecule has 6 nitrogen and oxygen atoms in total. The Bertz CT molecular complexity index is 1270. The van der Waals surface area contributed by atoms with E-state index in [1.165, 1.54) is 11.3 Å². The number of amides is 2. The Labute approximate surface area is 202 Å². The van der Waals surface area contributed by atoms with Crippen LogP contribution in [0, 0.1) is 0 Å². The second-order valence-electron chi connectivity index (χ2n) is 8.66. The summed E-state index contributed by atoms with van der Waals surface area (Å²) in [6, 6.07) is 20.9. The molecule has 2 amide bonds. The van der Waals surface area contributed by atoms with Crippen LogP contribution in [-0.2, 0) is 16.0 Å². The number of fused-ring (bicyclic) bond motifs is 1. The molecule has 1 aliphatic rings. The normalized spacial score (nSPS) is 19.1. The third kappa shape index (κ3) is 4.76. The quantitative estimate of drug-likeness (QED) is 0.431. The van der Waals surface area contributed by atoms with Gasteiger partial charge in [0.25, 0.3) is 5.91 Å². The van der Waals surface area contributed by atoms with Crippen molar-refractivity contribution in [1.29, 1.82) is 0 Å². The number of hydrogen-bond donors (Lipinski definition) is 2. The van der Waals surface area contributed by atoms with Crippen LogP contribution in [0.3, 0.4) is 0 Å². The third-order valence-electron chi connectivity index (χ3n) is 6.19. The highest BCUT2D eigenvalue weighted by atomic mass is 32.1. The lowest BCUT2D eigenvalue weighted by Crippen LogP contribution is -2.54. The van der Waals surface area contributed by atoms with E-state index in [4.69, 9.17) is 4.74 Å². The predicted octanol–water partition coefficient (Wildman–Crippen LogP) is 4.56. The number of rotatable bonds is 6. The zero-order valence-electron chi connectivity index (χ0n) is 18.9. The number of aromatic nitrogens is 1. The summed E-state index contributed by atoms with van der Waals surface area (Å²) >= 11 is 1.37. The molecule has 1 aliphatic heterocycles. The molecule has 0 spiro atoms. The number of nitrogens with zero attached hydrogens (tertiary/aromatic N) is 1. The van der Waals surface area contributed by atoms with Gasteiger partial charge >= 0.3 is 0 Å². The number of ether oxygens (including phenoxy) is 1. The van der Waals surface area contributed by atoms with E-state index >= 15 is 0 Å². The molecule has 3 unspecified atom stereocenters. The number of para-hydroxylation sites is 1. The van der Waals surface area contributed by atoms with E-state index in [0.717, 1.165) is 22.0 Å². The first-order valence-corrected chi connectivity index (χ1v) is 12.3. The van der Waals surface area contributed by atoms with Crippen molar-refractivity contribution >= 4 is 34.1 Å². The van der Waals surface area contributed by atoms with Crippen LogP contribution in [0.15, 0.2) is 78.3 Å². The van der Waals surface area contributed by atoms with Gasteiger partial charge in [0, 0.05) is 30.1 Å². The number of carbonyl (C=O) groups is 2. The molecule has 174 valence electrons. The van der Waals surface area contributed by atoms with Crippen LogP contribution >= 0.6 is 11.3 Å². The van der Waals surface area contributed by atoms with Gasteiger partial charge in [-0.3, -0.25) is 9.59 Å². The summed E-state index contributed by atoms with van der Waals surface area (Å²) in [7, 11) is 0. The SMILES string of the molecule is CC1CN(C(=O)C(Cc2c[nH]c3ccccc23)NC(=O)c2cccs2)CC(c2ccccc2)O1. The molecule has 0 aliphatic carbocycles. The molecule has 3 heterocycles. The molecular weight excluding hydrogens is 446 g/mol. The Hall–Kier alpha value is -3.42. The Balaban J connectivity index is 1.41. The van der Waals surface area contributed by atoms with Crippen LogP contribution < -0.4 is 5.32 Å². The van der Waals surface area contributed by atoms with Gasteiger partial charge in [0.2, 0.25) is 5.91 Å². The van der Waals surface area contributed by atoms with E-state index in [9.17, 15) is 9.59 Å². The van der Waals surface area contributed by atoms with Crippen LogP contribution in [-0.4, -0.2) is 46.9 Å². The Morgan fingerprint density at radius 1 is 1.09 bits per heavy atom. The molecule has 0 radical (unpaired) electrons. The highest BCUT2D eigenvalue weighted by Gasteiger charge is 2.34. The summed E-state index contributed by atoms with van der Waals surface area (Å²) in [6.07, 6.45) is 2.03. The Morgan fingerprint density at radius 3 is 2.68 bits per heavy atom. The van der Waals surface area contributed by atoms with Crippen LogP contribution in [0.1, 0.15) is 33.8 Å². The van der Waals surface area contributed by atoms with Crippen LogP contribution in [0.2, 0.25) is 0 Å². The van der Waals surface area contributed by atoms with Gasteiger partial charge in [0.15, 0.2) is 0 Å². The first kappa shape index (κ1) is 22.4. The summed E-state index contributed by atoms with van der Waals surface area (Å²) in [5.74, 6) is -0.319. The minimum atomic E-state index is -0.685. The van der Waals surface area contributed by atoms with Crippen molar-refractivity contribution in [3.05, 3.63) is 94.3 Å². The van der Waals surface area contributed by atoms with Gasteiger partial charge in [-0.1, -0.05) is 54.6 Å². The smallest absolute Gasteiger partial charge is 0.262 e. The molecule has 1 fully saturated rings. The van der Waals surface area contributed by atoms with E-state index in [0.29, 0.717) is 24.4 Å². The van der Waals surface area contributed by atoms with E-state index in [1.54, 1.807) is 6.07 Å². The van der Waals surface area contributed by atoms with Gasteiger partial charge in [-0.15, -0.1) is 11.3 Å². The van der Waals surface area contributed by atoms with Crippen molar-refractivity contribution in [2.75, 3.05) is 13.1 Å². The fourth-order valence-corrected chi connectivity index (χ4v) is 5.19. The van der Waals surface area contributed by atoms with Crippen molar-refractivity contribution in [2.24, 2.45) is 0 Å². The molecular formula is C27H27N3O3S. The van der Waals surface area contributed by atoms with Gasteiger partial charge in [-0.25, -0.2) is 0 Å².